The number of rotatable bonds is 8. The van der Waals surface area contributed by atoms with Crippen molar-refractivity contribution in [1.29, 1.82) is 0 Å². The third kappa shape index (κ3) is 4.12. The van der Waals surface area contributed by atoms with Gasteiger partial charge < -0.3 is 10.2 Å². The highest BCUT2D eigenvalue weighted by atomic mass is 35.5. The predicted octanol–water partition coefficient (Wildman–Crippen LogP) is 2.32. The maximum atomic E-state index is 6.26. The molecule has 0 fully saturated rings. The third-order valence-electron chi connectivity index (χ3n) is 2.78. The zero-order valence-electron chi connectivity index (χ0n) is 11.5. The molecule has 4 nitrogen and oxygen atoms in total. The Kier molecular flexibility index (Phi) is 6.39. The van der Waals surface area contributed by atoms with Gasteiger partial charge in [-0.2, -0.15) is 5.10 Å². The number of likely N-dealkylation sites (N-methyl/N-ethyl adjacent to an activating group) is 1. The summed E-state index contributed by atoms with van der Waals surface area (Å²) < 4.78 is 1.99. The monoisotopic (exact) mass is 270 g/mol. The molecule has 1 unspecified atom stereocenters. The van der Waals surface area contributed by atoms with E-state index in [0.29, 0.717) is 0 Å². The van der Waals surface area contributed by atoms with Gasteiger partial charge in [-0.25, -0.2) is 0 Å². The van der Waals surface area contributed by atoms with Crippen LogP contribution in [0.25, 0.3) is 0 Å². The maximum Gasteiger partial charge on any atom is 0.0834 e. The standard InChI is InChI=1S/C13H23ClN4/c1-5-7-12(15-6-2)13-11(14)10-16-18(13)9-8-17(3)4/h5,10,12,15H,1,6-9H2,2-4H3. The van der Waals surface area contributed by atoms with Gasteiger partial charge in [0.05, 0.1) is 29.5 Å². The zero-order chi connectivity index (χ0) is 13.5. The molecule has 0 aliphatic carbocycles. The van der Waals surface area contributed by atoms with E-state index < -0.39 is 0 Å². The highest BCUT2D eigenvalue weighted by molar-refractivity contribution is 6.31. The molecule has 0 bridgehead atoms. The Bertz CT molecular complexity index is 373. The molecule has 18 heavy (non-hydrogen) atoms. The first kappa shape index (κ1) is 15.2. The summed E-state index contributed by atoms with van der Waals surface area (Å²) in [7, 11) is 4.10. The molecule has 5 heteroatoms. The lowest BCUT2D eigenvalue weighted by Gasteiger charge is -2.19. The van der Waals surface area contributed by atoms with Crippen molar-refractivity contribution < 1.29 is 0 Å². The van der Waals surface area contributed by atoms with Crippen LogP contribution in [0.3, 0.4) is 0 Å². The molecule has 1 aromatic heterocycles. The predicted molar refractivity (Wildman–Crippen MR) is 77.0 cm³/mol. The van der Waals surface area contributed by atoms with E-state index in [2.05, 4.69) is 42.9 Å². The Morgan fingerprint density at radius 1 is 1.61 bits per heavy atom. The highest BCUT2D eigenvalue weighted by Crippen LogP contribution is 2.25. The highest BCUT2D eigenvalue weighted by Gasteiger charge is 2.18. The fourth-order valence-corrected chi connectivity index (χ4v) is 2.17. The largest absolute Gasteiger partial charge is 0.309 e. The van der Waals surface area contributed by atoms with E-state index in [0.717, 1.165) is 36.8 Å². The van der Waals surface area contributed by atoms with Crippen molar-refractivity contribution >= 4 is 11.6 Å². The van der Waals surface area contributed by atoms with Gasteiger partial charge in [0.2, 0.25) is 0 Å². The Labute approximate surface area is 115 Å². The number of aromatic nitrogens is 2. The van der Waals surface area contributed by atoms with Crippen molar-refractivity contribution in [2.24, 2.45) is 0 Å². The van der Waals surface area contributed by atoms with Gasteiger partial charge in [0, 0.05) is 6.54 Å². The van der Waals surface area contributed by atoms with Gasteiger partial charge in [-0.15, -0.1) is 6.58 Å². The van der Waals surface area contributed by atoms with E-state index in [-0.39, 0.29) is 6.04 Å². The number of hydrogen-bond acceptors (Lipinski definition) is 3. The van der Waals surface area contributed by atoms with Gasteiger partial charge in [-0.3, -0.25) is 4.68 Å². The summed E-state index contributed by atoms with van der Waals surface area (Å²) in [4.78, 5) is 2.13. The molecule has 0 aliphatic rings. The molecule has 0 amide bonds. The molecular formula is C13H23ClN4. The van der Waals surface area contributed by atoms with Crippen molar-refractivity contribution in [2.75, 3.05) is 27.2 Å². The lowest BCUT2D eigenvalue weighted by Crippen LogP contribution is -2.26. The minimum Gasteiger partial charge on any atom is -0.309 e. The van der Waals surface area contributed by atoms with Crippen molar-refractivity contribution in [3.05, 3.63) is 29.6 Å². The van der Waals surface area contributed by atoms with Gasteiger partial charge in [0.15, 0.2) is 0 Å². The van der Waals surface area contributed by atoms with Crippen LogP contribution in [0.1, 0.15) is 25.1 Å². The topological polar surface area (TPSA) is 33.1 Å². The second-order valence-corrected chi connectivity index (χ2v) is 4.95. The van der Waals surface area contributed by atoms with Crippen molar-refractivity contribution in [3.63, 3.8) is 0 Å². The quantitative estimate of drug-likeness (QED) is 0.736. The summed E-state index contributed by atoms with van der Waals surface area (Å²) in [6.07, 6.45) is 4.48. The Balaban J connectivity index is 2.89. The van der Waals surface area contributed by atoms with E-state index in [1.165, 1.54) is 0 Å². The fraction of sp³-hybridized carbons (Fsp3) is 0.615. The molecule has 1 N–H and O–H groups in total. The van der Waals surface area contributed by atoms with Gasteiger partial charge in [-0.05, 0) is 27.1 Å². The lowest BCUT2D eigenvalue weighted by atomic mass is 10.1. The smallest absolute Gasteiger partial charge is 0.0834 e. The van der Waals surface area contributed by atoms with Gasteiger partial charge in [0.1, 0.15) is 0 Å². The summed E-state index contributed by atoms with van der Waals surface area (Å²) in [5, 5.41) is 8.51. The van der Waals surface area contributed by atoms with E-state index in [1.54, 1.807) is 6.20 Å². The van der Waals surface area contributed by atoms with Crippen LogP contribution in [-0.4, -0.2) is 41.9 Å². The van der Waals surface area contributed by atoms with Crippen molar-refractivity contribution in [3.8, 4) is 0 Å². The Morgan fingerprint density at radius 3 is 2.89 bits per heavy atom. The average Bonchev–Trinajstić information content (AvgIpc) is 2.67. The van der Waals surface area contributed by atoms with Crippen LogP contribution < -0.4 is 5.32 Å². The molecule has 0 saturated heterocycles. The number of nitrogens with zero attached hydrogens (tertiary/aromatic N) is 3. The maximum absolute atomic E-state index is 6.26. The van der Waals surface area contributed by atoms with Crippen LogP contribution in [0.15, 0.2) is 18.9 Å². The summed E-state index contributed by atoms with van der Waals surface area (Å²) in [5.74, 6) is 0. The van der Waals surface area contributed by atoms with Gasteiger partial charge in [0.25, 0.3) is 0 Å². The molecule has 1 aromatic rings. The molecule has 0 radical (unpaired) electrons. The fourth-order valence-electron chi connectivity index (χ4n) is 1.90. The molecule has 0 spiro atoms. The summed E-state index contributed by atoms with van der Waals surface area (Å²) >= 11 is 6.26. The van der Waals surface area contributed by atoms with Gasteiger partial charge >= 0.3 is 0 Å². The first-order valence-electron chi connectivity index (χ1n) is 6.30. The van der Waals surface area contributed by atoms with E-state index in [9.17, 15) is 0 Å². The molecular weight excluding hydrogens is 248 g/mol. The number of halogens is 1. The summed E-state index contributed by atoms with van der Waals surface area (Å²) in [6, 6.07) is 0.185. The summed E-state index contributed by atoms with van der Waals surface area (Å²) in [5.41, 5.74) is 1.06. The first-order chi connectivity index (χ1) is 8.60. The summed E-state index contributed by atoms with van der Waals surface area (Å²) in [6.45, 7) is 8.57. The van der Waals surface area contributed by atoms with Gasteiger partial charge in [-0.1, -0.05) is 24.6 Å². The first-order valence-corrected chi connectivity index (χ1v) is 6.68. The van der Waals surface area contributed by atoms with Crippen LogP contribution in [0.2, 0.25) is 5.02 Å². The Morgan fingerprint density at radius 2 is 2.33 bits per heavy atom. The molecule has 0 aliphatic heterocycles. The normalized spacial score (nSPS) is 12.9. The molecule has 1 heterocycles. The van der Waals surface area contributed by atoms with E-state index in [4.69, 9.17) is 11.6 Å². The number of nitrogens with one attached hydrogen (secondary N) is 1. The SMILES string of the molecule is C=CCC(NCC)c1c(Cl)cnn1CCN(C)C. The minimum atomic E-state index is 0.185. The molecule has 102 valence electrons. The van der Waals surface area contributed by atoms with Crippen molar-refractivity contribution in [1.82, 2.24) is 20.0 Å². The molecule has 0 aromatic carbocycles. The molecule has 1 rings (SSSR count). The van der Waals surface area contributed by atoms with Crippen LogP contribution in [0.5, 0.6) is 0 Å². The van der Waals surface area contributed by atoms with Crippen LogP contribution in [0.4, 0.5) is 0 Å². The lowest BCUT2D eigenvalue weighted by molar-refractivity contribution is 0.362. The Hall–Kier alpha value is -0.840. The van der Waals surface area contributed by atoms with Crippen LogP contribution in [-0.2, 0) is 6.54 Å². The minimum absolute atomic E-state index is 0.185. The second kappa shape index (κ2) is 7.56. The molecule has 1 atom stereocenters. The number of hydrogen-bond donors (Lipinski definition) is 1. The van der Waals surface area contributed by atoms with E-state index >= 15 is 0 Å². The third-order valence-corrected chi connectivity index (χ3v) is 3.07. The zero-order valence-corrected chi connectivity index (χ0v) is 12.2. The van der Waals surface area contributed by atoms with Crippen LogP contribution in [0, 0.1) is 0 Å². The second-order valence-electron chi connectivity index (χ2n) is 4.54. The van der Waals surface area contributed by atoms with Crippen LogP contribution >= 0.6 is 11.6 Å². The average molecular weight is 271 g/mol. The molecule has 0 saturated carbocycles. The van der Waals surface area contributed by atoms with Crippen molar-refractivity contribution in [2.45, 2.75) is 25.9 Å². The van der Waals surface area contributed by atoms with E-state index in [1.807, 2.05) is 10.8 Å².